The summed E-state index contributed by atoms with van der Waals surface area (Å²) < 4.78 is 6.01. The van der Waals surface area contributed by atoms with Crippen LogP contribution >= 0.6 is 0 Å². The van der Waals surface area contributed by atoms with Gasteiger partial charge in [0.25, 0.3) is 0 Å². The highest BCUT2D eigenvalue weighted by molar-refractivity contribution is 5.75. The van der Waals surface area contributed by atoms with Crippen LogP contribution < -0.4 is 17.2 Å². The Kier molecular flexibility index (Phi) is 5.88. The largest absolute Gasteiger partial charge is 0.509 e. The lowest BCUT2D eigenvalue weighted by molar-refractivity contribution is -0.144. The van der Waals surface area contributed by atoms with Crippen LogP contribution in [0.5, 0.6) is 0 Å². The summed E-state index contributed by atoms with van der Waals surface area (Å²) in [6.45, 7) is 3.47. The topological polar surface area (TPSA) is 177 Å². The molecule has 1 heterocycles. The summed E-state index contributed by atoms with van der Waals surface area (Å²) in [5.41, 5.74) is 8.65. The fraction of sp³-hybridized carbons (Fsp3) is 0.529. The van der Waals surface area contributed by atoms with E-state index in [1.165, 1.54) is 12.3 Å². The van der Waals surface area contributed by atoms with Crippen LogP contribution in [0.2, 0.25) is 0 Å². The molecular formula is C17H23N5O5. The minimum Gasteiger partial charge on any atom is -0.509 e. The highest BCUT2D eigenvalue weighted by Gasteiger charge is 2.50. The SMILES string of the molecule is CC(C)C[C@@H](N)C(=O)OCC1=C(O)C(O)[C@](C#N)(n2ccc(N)nc2=O)C1. The highest BCUT2D eigenvalue weighted by atomic mass is 16.5. The normalized spacial score (nSPS) is 23.3. The molecule has 1 aliphatic rings. The number of aliphatic hydroxyl groups is 2. The van der Waals surface area contributed by atoms with Gasteiger partial charge in [-0.2, -0.15) is 10.2 Å². The first-order valence-electron chi connectivity index (χ1n) is 8.40. The van der Waals surface area contributed by atoms with E-state index in [1.54, 1.807) is 0 Å². The molecule has 146 valence electrons. The number of hydrogen-bond acceptors (Lipinski definition) is 9. The molecule has 0 aromatic carbocycles. The number of esters is 1. The second-order valence-corrected chi connectivity index (χ2v) is 6.95. The van der Waals surface area contributed by atoms with Crippen molar-refractivity contribution in [2.24, 2.45) is 11.7 Å². The molecule has 1 aromatic heterocycles. The van der Waals surface area contributed by atoms with Crippen molar-refractivity contribution in [3.63, 3.8) is 0 Å². The molecule has 1 unspecified atom stereocenters. The van der Waals surface area contributed by atoms with Gasteiger partial charge in [0.15, 0.2) is 5.54 Å². The minimum absolute atomic E-state index is 0.0395. The van der Waals surface area contributed by atoms with E-state index in [2.05, 4.69) is 4.98 Å². The molecule has 2 rings (SSSR count). The molecule has 0 fully saturated rings. The zero-order valence-corrected chi connectivity index (χ0v) is 15.1. The van der Waals surface area contributed by atoms with Gasteiger partial charge in [0.05, 0.1) is 6.07 Å². The van der Waals surface area contributed by atoms with Crippen molar-refractivity contribution in [2.45, 2.75) is 44.4 Å². The van der Waals surface area contributed by atoms with Gasteiger partial charge >= 0.3 is 11.7 Å². The van der Waals surface area contributed by atoms with Gasteiger partial charge in [-0.05, 0) is 18.4 Å². The first kappa shape index (κ1) is 20.4. The smallest absolute Gasteiger partial charge is 0.350 e. The Hall–Kier alpha value is -2.90. The average Bonchev–Trinajstić information content (AvgIpc) is 2.84. The van der Waals surface area contributed by atoms with Crippen LogP contribution in [-0.2, 0) is 15.1 Å². The Morgan fingerprint density at radius 3 is 2.81 bits per heavy atom. The van der Waals surface area contributed by atoms with Gasteiger partial charge in [-0.3, -0.25) is 9.36 Å². The fourth-order valence-corrected chi connectivity index (χ4v) is 3.02. The molecule has 1 aliphatic carbocycles. The fourth-order valence-electron chi connectivity index (χ4n) is 3.02. The number of ether oxygens (including phenoxy) is 1. The van der Waals surface area contributed by atoms with Crippen LogP contribution in [0, 0.1) is 17.2 Å². The minimum atomic E-state index is -1.82. The van der Waals surface area contributed by atoms with Crippen molar-refractivity contribution < 1.29 is 19.7 Å². The number of nitriles is 1. The Labute approximate surface area is 155 Å². The molecule has 0 spiro atoms. The lowest BCUT2D eigenvalue weighted by Gasteiger charge is -2.27. The summed E-state index contributed by atoms with van der Waals surface area (Å²) in [6.07, 6.45) is -0.267. The molecule has 0 amide bonds. The van der Waals surface area contributed by atoms with Gasteiger partial charge in [0, 0.05) is 18.2 Å². The number of carbonyl (C=O) groups excluding carboxylic acids is 1. The number of nitrogen functional groups attached to an aromatic ring is 1. The van der Waals surface area contributed by atoms with Gasteiger partial charge in [-0.15, -0.1) is 0 Å². The Morgan fingerprint density at radius 1 is 1.59 bits per heavy atom. The van der Waals surface area contributed by atoms with Gasteiger partial charge < -0.3 is 26.4 Å². The van der Waals surface area contributed by atoms with Gasteiger partial charge in [0.1, 0.15) is 30.3 Å². The molecule has 10 nitrogen and oxygen atoms in total. The van der Waals surface area contributed by atoms with E-state index in [9.17, 15) is 25.1 Å². The van der Waals surface area contributed by atoms with Crippen LogP contribution in [-0.4, -0.2) is 44.5 Å². The third-order valence-corrected chi connectivity index (χ3v) is 4.42. The van der Waals surface area contributed by atoms with E-state index >= 15 is 0 Å². The van der Waals surface area contributed by atoms with E-state index < -0.39 is 35.1 Å². The predicted molar refractivity (Wildman–Crippen MR) is 95.2 cm³/mol. The lowest BCUT2D eigenvalue weighted by Crippen LogP contribution is -2.47. The average molecular weight is 377 g/mol. The highest BCUT2D eigenvalue weighted by Crippen LogP contribution is 2.39. The molecule has 3 atom stereocenters. The number of anilines is 1. The van der Waals surface area contributed by atoms with E-state index in [4.69, 9.17) is 16.2 Å². The van der Waals surface area contributed by atoms with Crippen LogP contribution in [0.25, 0.3) is 0 Å². The summed E-state index contributed by atoms with van der Waals surface area (Å²) in [7, 11) is 0. The first-order valence-corrected chi connectivity index (χ1v) is 8.40. The van der Waals surface area contributed by atoms with Gasteiger partial charge in [-0.1, -0.05) is 13.8 Å². The van der Waals surface area contributed by atoms with E-state index in [0.717, 1.165) is 4.57 Å². The van der Waals surface area contributed by atoms with Crippen LogP contribution in [0.15, 0.2) is 28.4 Å². The van der Waals surface area contributed by atoms with E-state index in [-0.39, 0.29) is 30.3 Å². The van der Waals surface area contributed by atoms with Crippen molar-refractivity contribution in [1.29, 1.82) is 5.26 Å². The second kappa shape index (κ2) is 7.77. The first-order chi connectivity index (χ1) is 12.6. The van der Waals surface area contributed by atoms with E-state index in [1.807, 2.05) is 19.9 Å². The Balaban J connectivity index is 2.21. The van der Waals surface area contributed by atoms with Crippen LogP contribution in [0.3, 0.4) is 0 Å². The van der Waals surface area contributed by atoms with Crippen LogP contribution in [0.4, 0.5) is 5.82 Å². The maximum atomic E-state index is 12.1. The third kappa shape index (κ3) is 3.94. The zero-order valence-electron chi connectivity index (χ0n) is 15.1. The van der Waals surface area contributed by atoms with Gasteiger partial charge in [-0.25, -0.2) is 4.79 Å². The van der Waals surface area contributed by atoms with E-state index in [0.29, 0.717) is 6.42 Å². The predicted octanol–water partition coefficient (Wildman–Crippen LogP) is -0.462. The number of aliphatic hydroxyl groups excluding tert-OH is 2. The van der Waals surface area contributed by atoms with Gasteiger partial charge in [0.2, 0.25) is 0 Å². The number of nitrogens with two attached hydrogens (primary N) is 2. The Morgan fingerprint density at radius 2 is 2.26 bits per heavy atom. The molecule has 27 heavy (non-hydrogen) atoms. The summed E-state index contributed by atoms with van der Waals surface area (Å²) >= 11 is 0. The number of carbonyl (C=O) groups is 1. The van der Waals surface area contributed by atoms with Crippen molar-refractivity contribution in [3.05, 3.63) is 34.1 Å². The molecule has 0 saturated heterocycles. The molecule has 0 saturated carbocycles. The molecule has 1 aromatic rings. The summed E-state index contributed by atoms with van der Waals surface area (Å²) in [6, 6.07) is 2.35. The number of hydrogen-bond donors (Lipinski definition) is 4. The standard InChI is InChI=1S/C17H23N5O5/c1-9(2)5-11(19)15(25)27-7-10-6-17(8-18,14(24)13(10)23)22-4-3-12(20)21-16(22)26/h3-4,9,11,14,23-24H,5-7,19H2,1-2H3,(H2,20,21,26)/t11-,14?,17+/m1/s1. The number of rotatable bonds is 6. The number of aromatic nitrogens is 2. The summed E-state index contributed by atoms with van der Waals surface area (Å²) in [4.78, 5) is 27.6. The molecule has 0 aliphatic heterocycles. The second-order valence-electron chi connectivity index (χ2n) is 6.95. The molecule has 0 bridgehead atoms. The third-order valence-electron chi connectivity index (χ3n) is 4.42. The van der Waals surface area contributed by atoms with Crippen molar-refractivity contribution in [1.82, 2.24) is 9.55 Å². The molecule has 0 radical (unpaired) electrons. The van der Waals surface area contributed by atoms with Crippen molar-refractivity contribution in [2.75, 3.05) is 12.3 Å². The zero-order chi connectivity index (χ0) is 20.4. The quantitative estimate of drug-likeness (QED) is 0.477. The van der Waals surface area contributed by atoms with Crippen molar-refractivity contribution in [3.8, 4) is 6.07 Å². The summed E-state index contributed by atoms with van der Waals surface area (Å²) in [5.74, 6) is -1.02. The van der Waals surface area contributed by atoms with Crippen molar-refractivity contribution >= 4 is 11.8 Å². The molecule has 10 heteroatoms. The maximum Gasteiger partial charge on any atom is 0.350 e. The monoisotopic (exact) mass is 377 g/mol. The molecular weight excluding hydrogens is 354 g/mol. The Bertz CT molecular complexity index is 856. The lowest BCUT2D eigenvalue weighted by atomic mass is 9.94. The van der Waals surface area contributed by atoms with Crippen LogP contribution in [0.1, 0.15) is 26.7 Å². The summed E-state index contributed by atoms with van der Waals surface area (Å²) in [5, 5.41) is 30.3. The molecule has 6 N–H and O–H groups in total. The number of nitrogens with zero attached hydrogens (tertiary/aromatic N) is 3. The maximum absolute atomic E-state index is 12.1.